The number of carbonyl (C=O) groups excluding carboxylic acids is 1. The number of nitrogens with zero attached hydrogens (tertiary/aromatic N) is 4. The molecule has 1 saturated heterocycles. The molecule has 1 aliphatic heterocycles. The molecule has 11 heteroatoms. The van der Waals surface area contributed by atoms with E-state index in [0.29, 0.717) is 45.8 Å². The number of aromatic nitrogens is 2. The van der Waals surface area contributed by atoms with Crippen molar-refractivity contribution in [2.75, 3.05) is 26.8 Å². The Bertz CT molecular complexity index is 1360. The number of halogens is 2. The number of ether oxygens (including phenoxy) is 1. The van der Waals surface area contributed by atoms with Gasteiger partial charge in [-0.15, -0.1) is 10.1 Å². The Morgan fingerprint density at radius 3 is 2.51 bits per heavy atom. The highest BCUT2D eigenvalue weighted by Crippen LogP contribution is 2.38. The van der Waals surface area contributed by atoms with Crippen LogP contribution in [0.15, 0.2) is 42.5 Å². The highest BCUT2D eigenvalue weighted by molar-refractivity contribution is 6.35. The first-order chi connectivity index (χ1) is 17.9. The first-order valence-corrected chi connectivity index (χ1v) is 12.4. The fourth-order valence-corrected chi connectivity index (χ4v) is 4.60. The molecule has 1 aliphatic rings. The summed E-state index contributed by atoms with van der Waals surface area (Å²) >= 11 is 12.6. The molecule has 0 bridgehead atoms. The predicted molar refractivity (Wildman–Crippen MR) is 140 cm³/mol. The maximum absolute atomic E-state index is 13.5. The van der Waals surface area contributed by atoms with Gasteiger partial charge >= 0.3 is 0 Å². The molecule has 0 radical (unpaired) electrons. The molecule has 0 N–H and O–H groups in total. The molecule has 0 atom stereocenters. The van der Waals surface area contributed by atoms with E-state index in [1.165, 1.54) is 7.11 Å². The molecule has 2 heterocycles. The van der Waals surface area contributed by atoms with E-state index in [1.807, 2.05) is 24.3 Å². The van der Waals surface area contributed by atoms with Crippen LogP contribution in [-0.4, -0.2) is 52.5 Å². The molecular formula is C26H24Cl2N4O5. The van der Waals surface area contributed by atoms with E-state index in [2.05, 4.69) is 21.8 Å². The molecule has 192 valence electrons. The standard InChI is InChI=1S/C26H24Cl2N4O5/c1-36-25-23(26(33)30-14-4-2-5-15-30)29-31(22-13-12-20(27)17-21(22)28)24(25)19-10-8-18(9-11-19)7-3-6-16-37-32(34)35/h8-13,17H,2,4-6,14-16H2,1H3. The molecule has 37 heavy (non-hydrogen) atoms. The van der Waals surface area contributed by atoms with E-state index >= 15 is 0 Å². The summed E-state index contributed by atoms with van der Waals surface area (Å²) in [6, 6.07) is 12.4. The normalized spacial score (nSPS) is 13.0. The third kappa shape index (κ3) is 6.16. The third-order valence-corrected chi connectivity index (χ3v) is 6.38. The van der Waals surface area contributed by atoms with Crippen molar-refractivity contribution in [3.8, 4) is 34.5 Å². The van der Waals surface area contributed by atoms with Crippen molar-refractivity contribution in [2.45, 2.75) is 25.7 Å². The average Bonchev–Trinajstić information content (AvgIpc) is 3.28. The molecule has 2 aromatic carbocycles. The zero-order chi connectivity index (χ0) is 26.4. The van der Waals surface area contributed by atoms with Crippen LogP contribution in [-0.2, 0) is 4.84 Å². The fraction of sp³-hybridized carbons (Fsp3) is 0.308. The van der Waals surface area contributed by atoms with Crippen LogP contribution in [0.5, 0.6) is 5.75 Å². The molecule has 0 saturated carbocycles. The van der Waals surface area contributed by atoms with Gasteiger partial charge in [0.25, 0.3) is 11.0 Å². The lowest BCUT2D eigenvalue weighted by Crippen LogP contribution is -2.36. The Hall–Kier alpha value is -3.74. The maximum Gasteiger partial charge on any atom is 0.294 e. The van der Waals surface area contributed by atoms with E-state index in [9.17, 15) is 14.9 Å². The Morgan fingerprint density at radius 1 is 1.14 bits per heavy atom. The van der Waals surface area contributed by atoms with Crippen LogP contribution in [0.1, 0.15) is 41.7 Å². The number of likely N-dealkylation sites (tertiary alicyclic amines) is 1. The van der Waals surface area contributed by atoms with Crippen molar-refractivity contribution in [1.29, 1.82) is 0 Å². The van der Waals surface area contributed by atoms with Gasteiger partial charge in [0.2, 0.25) is 0 Å². The van der Waals surface area contributed by atoms with Gasteiger partial charge in [0.15, 0.2) is 11.4 Å². The molecular weight excluding hydrogens is 519 g/mol. The number of rotatable bonds is 7. The van der Waals surface area contributed by atoms with E-state index in [1.54, 1.807) is 27.8 Å². The molecule has 9 nitrogen and oxygen atoms in total. The zero-order valence-corrected chi connectivity index (χ0v) is 21.6. The first kappa shape index (κ1) is 26.3. The van der Waals surface area contributed by atoms with E-state index < -0.39 is 5.09 Å². The average molecular weight is 543 g/mol. The topological polar surface area (TPSA) is 99.7 Å². The van der Waals surface area contributed by atoms with Gasteiger partial charge in [0.1, 0.15) is 12.3 Å². The van der Waals surface area contributed by atoms with Crippen LogP contribution in [0.3, 0.4) is 0 Å². The largest absolute Gasteiger partial charge is 0.492 e. The van der Waals surface area contributed by atoms with Gasteiger partial charge in [0, 0.05) is 35.7 Å². The molecule has 1 amide bonds. The smallest absolute Gasteiger partial charge is 0.294 e. The Labute approximate surface area is 224 Å². The highest BCUT2D eigenvalue weighted by Gasteiger charge is 2.30. The predicted octanol–water partition coefficient (Wildman–Crippen LogP) is 5.43. The quantitative estimate of drug-likeness (QED) is 0.171. The summed E-state index contributed by atoms with van der Waals surface area (Å²) in [5, 5.41) is 14.9. The van der Waals surface area contributed by atoms with Crippen LogP contribution in [0, 0.1) is 22.0 Å². The minimum atomic E-state index is -0.843. The van der Waals surface area contributed by atoms with Gasteiger partial charge in [-0.2, -0.15) is 5.10 Å². The summed E-state index contributed by atoms with van der Waals surface area (Å²) in [7, 11) is 1.51. The van der Waals surface area contributed by atoms with Gasteiger partial charge in [-0.3, -0.25) is 4.79 Å². The molecule has 0 aliphatic carbocycles. The summed E-state index contributed by atoms with van der Waals surface area (Å²) in [5.74, 6) is 5.94. The number of hydrogen-bond acceptors (Lipinski definition) is 6. The second-order valence-electron chi connectivity index (χ2n) is 8.28. The van der Waals surface area contributed by atoms with Gasteiger partial charge in [0.05, 0.1) is 17.8 Å². The summed E-state index contributed by atoms with van der Waals surface area (Å²) in [6.07, 6.45) is 3.22. The number of methoxy groups -OCH3 is 1. The van der Waals surface area contributed by atoms with Gasteiger partial charge in [-0.1, -0.05) is 47.2 Å². The van der Waals surface area contributed by atoms with Gasteiger partial charge in [-0.25, -0.2) is 4.68 Å². The van der Waals surface area contributed by atoms with Crippen molar-refractivity contribution < 1.29 is 19.5 Å². The van der Waals surface area contributed by atoms with Crippen LogP contribution >= 0.6 is 23.2 Å². The number of carbonyl (C=O) groups is 1. The van der Waals surface area contributed by atoms with Crippen molar-refractivity contribution >= 4 is 29.1 Å². The number of hydrogen-bond donors (Lipinski definition) is 0. The lowest BCUT2D eigenvalue weighted by Gasteiger charge is -2.26. The lowest BCUT2D eigenvalue weighted by molar-refractivity contribution is -0.757. The summed E-state index contributed by atoms with van der Waals surface area (Å²) < 4.78 is 7.35. The van der Waals surface area contributed by atoms with Crippen molar-refractivity contribution in [3.05, 3.63) is 73.9 Å². The Morgan fingerprint density at radius 2 is 1.86 bits per heavy atom. The van der Waals surface area contributed by atoms with Crippen molar-refractivity contribution in [2.24, 2.45) is 0 Å². The molecule has 0 spiro atoms. The Balaban J connectivity index is 1.74. The van der Waals surface area contributed by atoms with Crippen molar-refractivity contribution in [1.82, 2.24) is 14.7 Å². The van der Waals surface area contributed by atoms with Crippen LogP contribution in [0.4, 0.5) is 0 Å². The summed E-state index contributed by atoms with van der Waals surface area (Å²) in [5.41, 5.74) is 2.76. The third-order valence-electron chi connectivity index (χ3n) is 5.84. The number of amides is 1. The second kappa shape index (κ2) is 12.0. The SMILES string of the molecule is COc1c(C(=O)N2CCCCC2)nn(-c2ccc(Cl)cc2Cl)c1-c1ccc(C#CCCO[N+](=O)[O-])cc1. The minimum Gasteiger partial charge on any atom is -0.492 e. The molecule has 0 unspecified atom stereocenters. The van der Waals surface area contributed by atoms with Crippen LogP contribution in [0.25, 0.3) is 16.9 Å². The minimum absolute atomic E-state index is 0.0931. The van der Waals surface area contributed by atoms with E-state index in [4.69, 9.17) is 27.9 Å². The molecule has 1 fully saturated rings. The molecule has 1 aromatic heterocycles. The van der Waals surface area contributed by atoms with E-state index in [-0.39, 0.29) is 24.6 Å². The van der Waals surface area contributed by atoms with Gasteiger partial charge in [-0.05, 0) is 49.6 Å². The lowest BCUT2D eigenvalue weighted by atomic mass is 10.1. The number of benzene rings is 2. The van der Waals surface area contributed by atoms with Crippen LogP contribution < -0.4 is 4.74 Å². The van der Waals surface area contributed by atoms with Crippen molar-refractivity contribution in [3.63, 3.8) is 0 Å². The highest BCUT2D eigenvalue weighted by atomic mass is 35.5. The fourth-order valence-electron chi connectivity index (χ4n) is 4.11. The monoisotopic (exact) mass is 542 g/mol. The molecule has 3 aromatic rings. The first-order valence-electron chi connectivity index (χ1n) is 11.7. The summed E-state index contributed by atoms with van der Waals surface area (Å²) in [6.45, 7) is 1.25. The van der Waals surface area contributed by atoms with E-state index in [0.717, 1.165) is 24.8 Å². The van der Waals surface area contributed by atoms with Crippen LogP contribution in [0.2, 0.25) is 10.0 Å². The Kier molecular flexibility index (Phi) is 8.54. The zero-order valence-electron chi connectivity index (χ0n) is 20.1. The molecule has 4 rings (SSSR count). The second-order valence-corrected chi connectivity index (χ2v) is 9.12. The number of piperidine rings is 1. The van der Waals surface area contributed by atoms with Gasteiger partial charge < -0.3 is 14.5 Å². The maximum atomic E-state index is 13.5. The summed E-state index contributed by atoms with van der Waals surface area (Å²) in [4.78, 5) is 29.8.